The average molecular weight is 309 g/mol. The first-order chi connectivity index (χ1) is 9.32. The topological polar surface area (TPSA) is 92.5 Å². The van der Waals surface area contributed by atoms with Crippen LogP contribution in [0.1, 0.15) is 12.8 Å². The number of carboxylic acid groups (broad SMARTS) is 1. The van der Waals surface area contributed by atoms with E-state index in [2.05, 4.69) is 5.10 Å². The summed E-state index contributed by atoms with van der Waals surface area (Å²) in [5.41, 5.74) is 0. The Kier molecular flexibility index (Phi) is 4.04. The summed E-state index contributed by atoms with van der Waals surface area (Å²) in [6, 6.07) is -1.11. The highest BCUT2D eigenvalue weighted by molar-refractivity contribution is 7.89. The molecule has 1 atom stereocenters. The molecule has 1 N–H and O–H groups in total. The van der Waals surface area contributed by atoms with E-state index in [9.17, 15) is 22.0 Å². The van der Waals surface area contributed by atoms with Gasteiger partial charge in [0.25, 0.3) is 6.43 Å². The SMILES string of the molecule is O=C(O)[C@@H]1CCCN1S(=O)(=O)c1cnn(CC(F)F)c1. The lowest BCUT2D eigenvalue weighted by Gasteiger charge is -2.19. The zero-order chi connectivity index (χ0) is 14.9. The van der Waals surface area contributed by atoms with E-state index in [0.29, 0.717) is 6.42 Å². The molecule has 0 aliphatic carbocycles. The van der Waals surface area contributed by atoms with E-state index in [-0.39, 0.29) is 17.9 Å². The summed E-state index contributed by atoms with van der Waals surface area (Å²) in [5, 5.41) is 12.5. The van der Waals surface area contributed by atoms with Crippen LogP contribution in [0.3, 0.4) is 0 Å². The number of alkyl halides is 2. The molecule has 1 fully saturated rings. The molecule has 112 valence electrons. The number of carboxylic acids is 1. The molecule has 0 aromatic carbocycles. The van der Waals surface area contributed by atoms with E-state index in [1.165, 1.54) is 0 Å². The quantitative estimate of drug-likeness (QED) is 0.849. The van der Waals surface area contributed by atoms with Gasteiger partial charge in [-0.25, -0.2) is 17.2 Å². The van der Waals surface area contributed by atoms with E-state index < -0.39 is 35.0 Å². The Labute approximate surface area is 113 Å². The van der Waals surface area contributed by atoms with Crippen molar-refractivity contribution < 1.29 is 27.1 Å². The largest absolute Gasteiger partial charge is 0.480 e. The van der Waals surface area contributed by atoms with Gasteiger partial charge in [-0.15, -0.1) is 0 Å². The Morgan fingerprint density at radius 1 is 1.55 bits per heavy atom. The minimum Gasteiger partial charge on any atom is -0.480 e. The molecular formula is C10H13F2N3O4S. The number of aromatic nitrogens is 2. The summed E-state index contributed by atoms with van der Waals surface area (Å²) in [6.45, 7) is -0.614. The third-order valence-corrected chi connectivity index (χ3v) is 4.89. The van der Waals surface area contributed by atoms with Gasteiger partial charge in [0.15, 0.2) is 0 Å². The van der Waals surface area contributed by atoms with Gasteiger partial charge in [-0.2, -0.15) is 9.40 Å². The molecule has 0 amide bonds. The van der Waals surface area contributed by atoms with Gasteiger partial charge in [0.05, 0.1) is 6.20 Å². The maximum atomic E-state index is 12.3. The van der Waals surface area contributed by atoms with Crippen molar-refractivity contribution in [3.63, 3.8) is 0 Å². The predicted molar refractivity (Wildman–Crippen MR) is 62.8 cm³/mol. The number of nitrogens with zero attached hydrogens (tertiary/aromatic N) is 3. The number of halogens is 2. The van der Waals surface area contributed by atoms with Gasteiger partial charge in [-0.05, 0) is 12.8 Å². The number of hydrogen-bond donors (Lipinski definition) is 1. The highest BCUT2D eigenvalue weighted by atomic mass is 32.2. The first-order valence-corrected chi connectivity index (χ1v) is 7.31. The molecule has 0 radical (unpaired) electrons. The fraction of sp³-hybridized carbons (Fsp3) is 0.600. The highest BCUT2D eigenvalue weighted by Gasteiger charge is 2.40. The van der Waals surface area contributed by atoms with Crippen molar-refractivity contribution in [1.82, 2.24) is 14.1 Å². The van der Waals surface area contributed by atoms with E-state index >= 15 is 0 Å². The number of aliphatic carboxylic acids is 1. The lowest BCUT2D eigenvalue weighted by Crippen LogP contribution is -2.40. The molecule has 1 aliphatic heterocycles. The van der Waals surface area contributed by atoms with Crippen LogP contribution >= 0.6 is 0 Å². The first-order valence-electron chi connectivity index (χ1n) is 5.87. The summed E-state index contributed by atoms with van der Waals surface area (Å²) in [4.78, 5) is 10.7. The summed E-state index contributed by atoms with van der Waals surface area (Å²) in [5.74, 6) is -1.22. The Hall–Kier alpha value is -1.55. The lowest BCUT2D eigenvalue weighted by molar-refractivity contribution is -0.140. The van der Waals surface area contributed by atoms with Crippen LogP contribution in [-0.2, 0) is 21.4 Å². The van der Waals surface area contributed by atoms with Crippen molar-refractivity contribution in [2.24, 2.45) is 0 Å². The maximum absolute atomic E-state index is 12.3. The van der Waals surface area contributed by atoms with Gasteiger partial charge in [-0.3, -0.25) is 9.48 Å². The Morgan fingerprint density at radius 2 is 2.25 bits per heavy atom. The van der Waals surface area contributed by atoms with Gasteiger partial charge in [0, 0.05) is 12.7 Å². The normalized spacial score (nSPS) is 20.6. The third-order valence-electron chi connectivity index (χ3n) is 3.03. The molecule has 1 aromatic heterocycles. The Bertz CT molecular complexity index is 601. The average Bonchev–Trinajstić information content (AvgIpc) is 2.95. The Balaban J connectivity index is 2.26. The molecule has 0 bridgehead atoms. The molecule has 0 spiro atoms. The summed E-state index contributed by atoms with van der Waals surface area (Å²) < 4.78 is 50.6. The van der Waals surface area contributed by atoms with Crippen LogP contribution in [0, 0.1) is 0 Å². The zero-order valence-corrected chi connectivity index (χ0v) is 11.1. The first kappa shape index (κ1) is 14.9. The second-order valence-electron chi connectivity index (χ2n) is 4.40. The van der Waals surface area contributed by atoms with Gasteiger partial charge < -0.3 is 5.11 Å². The smallest absolute Gasteiger partial charge is 0.322 e. The van der Waals surface area contributed by atoms with Crippen LogP contribution in [-0.4, -0.2) is 52.6 Å². The molecule has 1 aromatic rings. The third kappa shape index (κ3) is 2.80. The van der Waals surface area contributed by atoms with E-state index in [1.807, 2.05) is 0 Å². The van der Waals surface area contributed by atoms with Crippen molar-refractivity contribution in [3.8, 4) is 0 Å². The summed E-state index contributed by atoms with van der Waals surface area (Å²) in [6.07, 6.45) is -0.0293. The fourth-order valence-corrected chi connectivity index (χ4v) is 3.74. The monoisotopic (exact) mass is 309 g/mol. The molecule has 1 aliphatic rings. The van der Waals surface area contributed by atoms with Crippen molar-refractivity contribution >= 4 is 16.0 Å². The second kappa shape index (κ2) is 5.44. The van der Waals surface area contributed by atoms with Crippen LogP contribution in [0.2, 0.25) is 0 Å². The Morgan fingerprint density at radius 3 is 2.85 bits per heavy atom. The van der Waals surface area contributed by atoms with Crippen molar-refractivity contribution in [1.29, 1.82) is 0 Å². The zero-order valence-electron chi connectivity index (χ0n) is 10.3. The van der Waals surface area contributed by atoms with Crippen molar-refractivity contribution in [3.05, 3.63) is 12.4 Å². The number of sulfonamides is 1. The highest BCUT2D eigenvalue weighted by Crippen LogP contribution is 2.26. The van der Waals surface area contributed by atoms with Crippen molar-refractivity contribution in [2.75, 3.05) is 6.54 Å². The van der Waals surface area contributed by atoms with Crippen LogP contribution in [0.15, 0.2) is 17.3 Å². The standard InChI is InChI=1S/C10H13F2N3O4S/c11-9(12)6-14-5-7(4-13-14)20(18,19)15-3-1-2-8(15)10(16)17/h4-5,8-9H,1-3,6H2,(H,16,17)/t8-/m0/s1. The summed E-state index contributed by atoms with van der Waals surface area (Å²) >= 11 is 0. The summed E-state index contributed by atoms with van der Waals surface area (Å²) in [7, 11) is -4.02. The number of hydrogen-bond acceptors (Lipinski definition) is 4. The van der Waals surface area contributed by atoms with Gasteiger partial charge >= 0.3 is 5.97 Å². The molecule has 7 nitrogen and oxygen atoms in total. The van der Waals surface area contributed by atoms with Gasteiger partial charge in [0.2, 0.25) is 10.0 Å². The van der Waals surface area contributed by atoms with Gasteiger partial charge in [0.1, 0.15) is 17.5 Å². The maximum Gasteiger partial charge on any atom is 0.322 e. The molecule has 0 unspecified atom stereocenters. The predicted octanol–water partition coefficient (Wildman–Crippen LogP) is 0.386. The van der Waals surface area contributed by atoms with E-state index in [1.54, 1.807) is 0 Å². The van der Waals surface area contributed by atoms with Gasteiger partial charge in [-0.1, -0.05) is 0 Å². The molecule has 2 heterocycles. The van der Waals surface area contributed by atoms with Crippen molar-refractivity contribution in [2.45, 2.75) is 36.7 Å². The molecule has 10 heteroatoms. The lowest BCUT2D eigenvalue weighted by atomic mass is 10.2. The number of rotatable bonds is 5. The molecule has 2 rings (SSSR count). The van der Waals surface area contributed by atoms with Crippen LogP contribution in [0.25, 0.3) is 0 Å². The molecule has 0 saturated carbocycles. The van der Waals surface area contributed by atoms with E-state index in [0.717, 1.165) is 21.4 Å². The van der Waals surface area contributed by atoms with Crippen LogP contribution < -0.4 is 0 Å². The second-order valence-corrected chi connectivity index (χ2v) is 6.29. The minimum absolute atomic E-state index is 0.0966. The van der Waals surface area contributed by atoms with Crippen LogP contribution in [0.4, 0.5) is 8.78 Å². The molecule has 20 heavy (non-hydrogen) atoms. The number of carbonyl (C=O) groups is 1. The minimum atomic E-state index is -4.02. The van der Waals surface area contributed by atoms with E-state index in [4.69, 9.17) is 5.11 Å². The van der Waals surface area contributed by atoms with Crippen LogP contribution in [0.5, 0.6) is 0 Å². The molecular weight excluding hydrogens is 296 g/mol. The molecule has 1 saturated heterocycles. The fourth-order valence-electron chi connectivity index (χ4n) is 2.13.